The van der Waals surface area contributed by atoms with Crippen LogP contribution in [-0.4, -0.2) is 66.2 Å². The molecule has 162 valence electrons. The molecule has 0 atom stereocenters. The first kappa shape index (κ1) is 19.8. The number of H-pyrrole nitrogens is 1. The number of carbonyl (C=O) groups is 2. The van der Waals surface area contributed by atoms with E-state index in [2.05, 4.69) is 15.2 Å². The molecule has 9 heteroatoms. The quantitative estimate of drug-likeness (QED) is 0.718. The summed E-state index contributed by atoms with van der Waals surface area (Å²) in [5.74, 6) is -0.746. The number of morpholine rings is 1. The number of ether oxygens (including phenoxy) is 2. The van der Waals surface area contributed by atoms with E-state index in [1.807, 2.05) is 12.3 Å². The van der Waals surface area contributed by atoms with Crippen molar-refractivity contribution in [3.05, 3.63) is 52.6 Å². The molecule has 1 aromatic carbocycles. The number of nitrogens with one attached hydrogen (secondary N) is 2. The van der Waals surface area contributed by atoms with Gasteiger partial charge in [0.05, 0.1) is 37.6 Å². The van der Waals surface area contributed by atoms with Gasteiger partial charge in [-0.05, 0) is 29.8 Å². The number of amides is 2. The van der Waals surface area contributed by atoms with Gasteiger partial charge in [-0.15, -0.1) is 0 Å². The van der Waals surface area contributed by atoms with Crippen molar-refractivity contribution in [2.24, 2.45) is 0 Å². The van der Waals surface area contributed by atoms with Crippen LogP contribution < -0.4 is 5.32 Å². The van der Waals surface area contributed by atoms with Gasteiger partial charge in [-0.3, -0.25) is 9.69 Å². The Balaban J connectivity index is 1.38. The minimum Gasteiger partial charge on any atom is -0.448 e. The summed E-state index contributed by atoms with van der Waals surface area (Å²) >= 11 is 0. The van der Waals surface area contributed by atoms with Crippen LogP contribution in [0.2, 0.25) is 0 Å². The zero-order valence-corrected chi connectivity index (χ0v) is 16.9. The molecule has 5 rings (SSSR count). The molecular formula is C22H23FN4O4. The van der Waals surface area contributed by atoms with E-state index in [9.17, 15) is 14.0 Å². The summed E-state index contributed by atoms with van der Waals surface area (Å²) in [6.45, 7) is 4.92. The molecule has 0 aliphatic carbocycles. The van der Waals surface area contributed by atoms with Gasteiger partial charge in [-0.25, -0.2) is 9.18 Å². The Hall–Kier alpha value is -3.17. The Morgan fingerprint density at radius 1 is 1.06 bits per heavy atom. The Labute approximate surface area is 178 Å². The second-order valence-corrected chi connectivity index (χ2v) is 7.89. The number of nitrogens with zero attached hydrogens (tertiary/aromatic N) is 2. The third kappa shape index (κ3) is 4.06. The molecule has 2 aromatic rings. The molecule has 3 aliphatic rings. The van der Waals surface area contributed by atoms with Crippen LogP contribution in [0.25, 0.3) is 11.6 Å². The summed E-state index contributed by atoms with van der Waals surface area (Å²) in [4.78, 5) is 31.2. The maximum absolute atomic E-state index is 14.6. The largest absolute Gasteiger partial charge is 0.448 e. The Morgan fingerprint density at radius 2 is 1.90 bits per heavy atom. The normalized spacial score (nSPS) is 20.3. The van der Waals surface area contributed by atoms with Crippen LogP contribution in [0.15, 0.2) is 24.4 Å². The average molecular weight is 426 g/mol. The van der Waals surface area contributed by atoms with Gasteiger partial charge in [-0.2, -0.15) is 0 Å². The van der Waals surface area contributed by atoms with Crippen molar-refractivity contribution in [1.82, 2.24) is 14.8 Å². The molecule has 0 bridgehead atoms. The molecule has 31 heavy (non-hydrogen) atoms. The van der Waals surface area contributed by atoms with E-state index in [0.29, 0.717) is 35.5 Å². The number of anilines is 1. The minimum atomic E-state index is -0.465. The number of aromatic amines is 1. The summed E-state index contributed by atoms with van der Waals surface area (Å²) in [5.41, 5.74) is 3.79. The van der Waals surface area contributed by atoms with Gasteiger partial charge in [0, 0.05) is 42.7 Å². The van der Waals surface area contributed by atoms with Gasteiger partial charge in [0.25, 0.3) is 5.91 Å². The van der Waals surface area contributed by atoms with Gasteiger partial charge in [-0.1, -0.05) is 0 Å². The van der Waals surface area contributed by atoms with Crippen molar-refractivity contribution in [2.45, 2.75) is 13.1 Å². The van der Waals surface area contributed by atoms with E-state index in [0.717, 1.165) is 44.1 Å². The molecule has 0 spiro atoms. The Morgan fingerprint density at radius 3 is 2.68 bits per heavy atom. The lowest BCUT2D eigenvalue weighted by molar-refractivity contribution is -0.110. The van der Waals surface area contributed by atoms with E-state index in [1.165, 1.54) is 11.0 Å². The molecule has 2 saturated heterocycles. The van der Waals surface area contributed by atoms with Crippen molar-refractivity contribution in [1.29, 1.82) is 0 Å². The zero-order chi connectivity index (χ0) is 21.4. The highest BCUT2D eigenvalue weighted by molar-refractivity contribution is 6.34. The van der Waals surface area contributed by atoms with Crippen LogP contribution in [0.4, 0.5) is 14.9 Å². The van der Waals surface area contributed by atoms with Crippen molar-refractivity contribution in [3.8, 4) is 0 Å². The number of hydrogen-bond donors (Lipinski definition) is 2. The number of fused-ring (bicyclic) bond motifs is 1. The maximum atomic E-state index is 14.6. The van der Waals surface area contributed by atoms with Crippen LogP contribution in [0, 0.1) is 5.82 Å². The number of halogens is 1. The zero-order valence-electron chi connectivity index (χ0n) is 16.9. The summed E-state index contributed by atoms with van der Waals surface area (Å²) in [7, 11) is 0. The van der Waals surface area contributed by atoms with E-state index in [1.54, 1.807) is 12.1 Å². The lowest BCUT2D eigenvalue weighted by Crippen LogP contribution is -2.35. The van der Waals surface area contributed by atoms with Crippen molar-refractivity contribution < 1.29 is 23.5 Å². The fourth-order valence-electron chi connectivity index (χ4n) is 4.10. The average Bonchev–Trinajstić information content (AvgIpc) is 3.44. The van der Waals surface area contributed by atoms with E-state index in [4.69, 9.17) is 9.47 Å². The first-order valence-corrected chi connectivity index (χ1v) is 10.3. The van der Waals surface area contributed by atoms with Crippen molar-refractivity contribution in [3.63, 3.8) is 0 Å². The number of rotatable bonds is 5. The first-order valence-electron chi connectivity index (χ1n) is 10.3. The highest BCUT2D eigenvalue weighted by Crippen LogP contribution is 2.35. The van der Waals surface area contributed by atoms with Crippen LogP contribution in [-0.2, 0) is 27.4 Å². The number of carbonyl (C=O) groups excluding carboxylic acids is 2. The van der Waals surface area contributed by atoms with Gasteiger partial charge >= 0.3 is 6.09 Å². The molecule has 2 amide bonds. The van der Waals surface area contributed by atoms with Gasteiger partial charge in [0.15, 0.2) is 0 Å². The first-order chi connectivity index (χ1) is 15.1. The number of cyclic esters (lactones) is 1. The Kier molecular flexibility index (Phi) is 5.21. The van der Waals surface area contributed by atoms with Crippen molar-refractivity contribution in [2.75, 3.05) is 44.8 Å². The predicted molar refractivity (Wildman–Crippen MR) is 112 cm³/mol. The number of hydrogen-bond acceptors (Lipinski definition) is 5. The molecule has 3 aliphatic heterocycles. The van der Waals surface area contributed by atoms with Crippen LogP contribution in [0.5, 0.6) is 0 Å². The van der Waals surface area contributed by atoms with E-state index in [-0.39, 0.29) is 12.5 Å². The number of benzene rings is 1. The third-order valence-corrected chi connectivity index (χ3v) is 5.75. The van der Waals surface area contributed by atoms with E-state index < -0.39 is 11.9 Å². The Bertz CT molecular complexity index is 1060. The molecule has 4 heterocycles. The van der Waals surface area contributed by atoms with Gasteiger partial charge in [0.2, 0.25) is 0 Å². The highest BCUT2D eigenvalue weighted by atomic mass is 19.1. The SMILES string of the molecule is O=C1Nc2cc(F)c(CN3CCOC3=O)cc2C1=Cc1cc(CN2CCOCC2)c[nH]1. The summed E-state index contributed by atoms with van der Waals surface area (Å²) in [6, 6.07) is 4.96. The third-order valence-electron chi connectivity index (χ3n) is 5.75. The minimum absolute atomic E-state index is 0.103. The highest BCUT2D eigenvalue weighted by Gasteiger charge is 2.28. The fourth-order valence-corrected chi connectivity index (χ4v) is 4.10. The predicted octanol–water partition coefficient (Wildman–Crippen LogP) is 2.43. The molecule has 0 unspecified atom stereocenters. The molecule has 1 aromatic heterocycles. The van der Waals surface area contributed by atoms with Crippen LogP contribution in [0.1, 0.15) is 22.4 Å². The summed E-state index contributed by atoms with van der Waals surface area (Å²) in [5, 5.41) is 2.72. The molecule has 0 radical (unpaired) electrons. The summed E-state index contributed by atoms with van der Waals surface area (Å²) < 4.78 is 24.9. The van der Waals surface area contributed by atoms with Gasteiger partial charge < -0.3 is 24.7 Å². The molecule has 0 saturated carbocycles. The molecule has 8 nitrogen and oxygen atoms in total. The van der Waals surface area contributed by atoms with E-state index >= 15 is 0 Å². The fraction of sp³-hybridized carbons (Fsp3) is 0.364. The second-order valence-electron chi connectivity index (χ2n) is 7.89. The molecule has 2 fully saturated rings. The lowest BCUT2D eigenvalue weighted by Gasteiger charge is -2.25. The number of aromatic nitrogens is 1. The molecule has 2 N–H and O–H groups in total. The van der Waals surface area contributed by atoms with Gasteiger partial charge in [0.1, 0.15) is 12.4 Å². The topological polar surface area (TPSA) is 86.9 Å². The van der Waals surface area contributed by atoms with Crippen molar-refractivity contribution >= 4 is 29.3 Å². The lowest BCUT2D eigenvalue weighted by atomic mass is 10.0. The van der Waals surface area contributed by atoms with Crippen LogP contribution in [0.3, 0.4) is 0 Å². The molecular weight excluding hydrogens is 403 g/mol. The van der Waals surface area contributed by atoms with Crippen LogP contribution >= 0.6 is 0 Å². The smallest absolute Gasteiger partial charge is 0.410 e. The monoisotopic (exact) mass is 426 g/mol. The summed E-state index contributed by atoms with van der Waals surface area (Å²) in [6.07, 6.45) is 3.25. The standard InChI is InChI=1S/C22H23FN4O4/c23-19-10-20-17(8-15(19)13-27-3-6-31-22(27)29)18(21(28)25-20)9-16-7-14(11-24-16)12-26-1-4-30-5-2-26/h7-11,24H,1-6,12-13H2,(H,25,28). The maximum Gasteiger partial charge on any atom is 0.410 e. The second kappa shape index (κ2) is 8.16.